The van der Waals surface area contributed by atoms with E-state index in [1.165, 1.54) is 19.3 Å². The number of likely N-dealkylation sites (tertiary alicyclic amines) is 2. The molecule has 0 radical (unpaired) electrons. The first kappa shape index (κ1) is 15.7. The molecular weight excluding hydrogens is 278 g/mol. The summed E-state index contributed by atoms with van der Waals surface area (Å²) >= 11 is 0. The summed E-state index contributed by atoms with van der Waals surface area (Å²) < 4.78 is 0. The van der Waals surface area contributed by atoms with E-state index in [2.05, 4.69) is 14.8 Å². The number of nitrogens with zero attached hydrogens (tertiary/aromatic N) is 2. The van der Waals surface area contributed by atoms with Gasteiger partial charge in [0, 0.05) is 48.7 Å². The summed E-state index contributed by atoms with van der Waals surface area (Å²) in [5.74, 6) is 0. The van der Waals surface area contributed by atoms with Crippen molar-refractivity contribution in [2.75, 3.05) is 26.2 Å². The molecule has 122 valence electrons. The van der Waals surface area contributed by atoms with Crippen molar-refractivity contribution in [2.24, 2.45) is 0 Å². The highest BCUT2D eigenvalue weighted by Crippen LogP contribution is 2.22. The molecule has 2 saturated heterocycles. The molecule has 1 aromatic rings. The lowest BCUT2D eigenvalue weighted by molar-refractivity contribution is 0.0706. The molecule has 3 heterocycles. The van der Waals surface area contributed by atoms with Crippen molar-refractivity contribution >= 4 is 0 Å². The maximum Gasteiger partial charge on any atom is 0.187 e. The van der Waals surface area contributed by atoms with E-state index in [1.54, 1.807) is 6.20 Å². The van der Waals surface area contributed by atoms with E-state index in [9.17, 15) is 9.90 Å². The first-order valence-corrected chi connectivity index (χ1v) is 8.38. The first-order chi connectivity index (χ1) is 10.6. The molecule has 5 nitrogen and oxygen atoms in total. The van der Waals surface area contributed by atoms with Crippen LogP contribution in [0.5, 0.6) is 0 Å². The molecule has 3 rings (SSSR count). The van der Waals surface area contributed by atoms with Gasteiger partial charge in [0.1, 0.15) is 0 Å². The molecule has 2 aliphatic heterocycles. The van der Waals surface area contributed by atoms with Crippen LogP contribution in [-0.2, 0) is 6.54 Å². The number of hydrogen-bond donors (Lipinski definition) is 2. The Balaban J connectivity index is 1.67. The van der Waals surface area contributed by atoms with Gasteiger partial charge in [-0.15, -0.1) is 0 Å². The zero-order chi connectivity index (χ0) is 15.7. The number of pyridine rings is 1. The third kappa shape index (κ3) is 3.12. The lowest BCUT2D eigenvalue weighted by Gasteiger charge is -2.33. The third-order valence-electron chi connectivity index (χ3n) is 5.19. The van der Waals surface area contributed by atoms with Gasteiger partial charge >= 0.3 is 0 Å². The molecule has 0 aromatic carbocycles. The summed E-state index contributed by atoms with van der Waals surface area (Å²) in [6.45, 7) is 8.22. The van der Waals surface area contributed by atoms with Gasteiger partial charge in [-0.2, -0.15) is 0 Å². The van der Waals surface area contributed by atoms with E-state index >= 15 is 0 Å². The van der Waals surface area contributed by atoms with Crippen LogP contribution in [0.25, 0.3) is 0 Å². The Morgan fingerprint density at radius 1 is 1.23 bits per heavy atom. The molecule has 0 unspecified atom stereocenters. The molecule has 2 fully saturated rings. The van der Waals surface area contributed by atoms with Crippen molar-refractivity contribution in [1.29, 1.82) is 0 Å². The van der Waals surface area contributed by atoms with Crippen LogP contribution in [0.3, 0.4) is 0 Å². The number of aryl methyl sites for hydroxylation is 1. The van der Waals surface area contributed by atoms with E-state index in [-0.39, 0.29) is 17.6 Å². The molecule has 0 saturated carbocycles. The number of β-amino-alcohol motifs (C(OH)–C–C–N with tert-alkyl or cyclic N) is 1. The molecule has 2 atom stereocenters. The summed E-state index contributed by atoms with van der Waals surface area (Å²) in [5, 5.41) is 10.4. The maximum absolute atomic E-state index is 12.0. The quantitative estimate of drug-likeness (QED) is 0.875. The number of aromatic nitrogens is 1. The van der Waals surface area contributed by atoms with Crippen molar-refractivity contribution in [3.8, 4) is 0 Å². The smallest absolute Gasteiger partial charge is 0.187 e. The Hall–Kier alpha value is -1.17. The average Bonchev–Trinajstić information content (AvgIpc) is 2.89. The molecule has 22 heavy (non-hydrogen) atoms. The Bertz CT molecular complexity index is 578. The fraction of sp³-hybridized carbons (Fsp3) is 0.706. The minimum Gasteiger partial charge on any atom is -0.390 e. The van der Waals surface area contributed by atoms with E-state index < -0.39 is 0 Å². The van der Waals surface area contributed by atoms with E-state index in [4.69, 9.17) is 0 Å². The maximum atomic E-state index is 12.0. The van der Waals surface area contributed by atoms with Crippen LogP contribution in [0.2, 0.25) is 0 Å². The zero-order valence-electron chi connectivity index (χ0n) is 13.6. The lowest BCUT2D eigenvalue weighted by Crippen LogP contribution is -2.45. The predicted molar refractivity (Wildman–Crippen MR) is 87.0 cm³/mol. The second-order valence-corrected chi connectivity index (χ2v) is 6.83. The van der Waals surface area contributed by atoms with Crippen LogP contribution < -0.4 is 5.43 Å². The van der Waals surface area contributed by atoms with Gasteiger partial charge in [0.2, 0.25) is 0 Å². The van der Waals surface area contributed by atoms with Gasteiger partial charge < -0.3 is 10.1 Å². The number of piperidine rings is 1. The van der Waals surface area contributed by atoms with Crippen LogP contribution in [0.4, 0.5) is 0 Å². The zero-order valence-corrected chi connectivity index (χ0v) is 13.6. The van der Waals surface area contributed by atoms with Gasteiger partial charge in [0.05, 0.1) is 6.10 Å². The molecule has 2 aliphatic rings. The minimum absolute atomic E-state index is 0.126. The van der Waals surface area contributed by atoms with E-state index in [0.29, 0.717) is 13.1 Å². The number of aliphatic hydroxyl groups excluding tert-OH is 1. The monoisotopic (exact) mass is 305 g/mol. The van der Waals surface area contributed by atoms with E-state index in [1.807, 2.05) is 13.8 Å². The van der Waals surface area contributed by atoms with Crippen molar-refractivity contribution in [3.63, 3.8) is 0 Å². The highest BCUT2D eigenvalue weighted by Gasteiger charge is 2.35. The molecule has 0 spiro atoms. The normalized spacial score (nSPS) is 27.4. The first-order valence-electron chi connectivity index (χ1n) is 8.38. The summed E-state index contributed by atoms with van der Waals surface area (Å²) in [6.07, 6.45) is 5.31. The number of H-pyrrole nitrogens is 1. The topological polar surface area (TPSA) is 59.6 Å². The summed E-state index contributed by atoms with van der Waals surface area (Å²) in [6, 6.07) is 0.248. The highest BCUT2D eigenvalue weighted by molar-refractivity contribution is 5.23. The SMILES string of the molecule is Cc1c[nH]c(CN2C[C@H](O)[C@@H](N3CCCCC3)C2)c(C)c1=O. The van der Waals surface area contributed by atoms with Gasteiger partial charge in [0.25, 0.3) is 0 Å². The molecule has 0 bridgehead atoms. The Labute approximate surface area is 131 Å². The van der Waals surface area contributed by atoms with Crippen molar-refractivity contribution < 1.29 is 5.11 Å². The summed E-state index contributed by atoms with van der Waals surface area (Å²) in [5.41, 5.74) is 2.66. The van der Waals surface area contributed by atoms with Crippen molar-refractivity contribution in [1.82, 2.24) is 14.8 Å². The number of nitrogens with one attached hydrogen (secondary N) is 1. The molecule has 0 amide bonds. The molecule has 5 heteroatoms. The standard InChI is InChI=1S/C17H27N3O2/c1-12-8-18-14(13(2)17(12)22)9-19-10-15(16(21)11-19)20-6-4-3-5-7-20/h8,15-16,21H,3-7,9-11H2,1-2H3,(H,18,22)/t15-,16-/m0/s1. The fourth-order valence-electron chi connectivity index (χ4n) is 3.77. The number of aliphatic hydroxyl groups is 1. The minimum atomic E-state index is -0.282. The van der Waals surface area contributed by atoms with Crippen LogP contribution in [-0.4, -0.2) is 58.2 Å². The number of hydrogen-bond acceptors (Lipinski definition) is 4. The Kier molecular flexibility index (Phi) is 4.66. The largest absolute Gasteiger partial charge is 0.390 e. The van der Waals surface area contributed by atoms with Crippen LogP contribution in [0.15, 0.2) is 11.0 Å². The number of rotatable bonds is 3. The number of aromatic amines is 1. The second-order valence-electron chi connectivity index (χ2n) is 6.83. The molecule has 0 aliphatic carbocycles. The average molecular weight is 305 g/mol. The van der Waals surface area contributed by atoms with Gasteiger partial charge in [-0.05, 0) is 39.8 Å². The molecule has 2 N–H and O–H groups in total. The van der Waals surface area contributed by atoms with Crippen LogP contribution in [0.1, 0.15) is 36.1 Å². The van der Waals surface area contributed by atoms with Gasteiger partial charge in [-0.1, -0.05) is 6.42 Å². The highest BCUT2D eigenvalue weighted by atomic mass is 16.3. The molecule has 1 aromatic heterocycles. The third-order valence-corrected chi connectivity index (χ3v) is 5.19. The van der Waals surface area contributed by atoms with Crippen molar-refractivity contribution in [2.45, 2.75) is 51.8 Å². The lowest BCUT2D eigenvalue weighted by atomic mass is 10.1. The Morgan fingerprint density at radius 3 is 2.68 bits per heavy atom. The van der Waals surface area contributed by atoms with Crippen molar-refractivity contribution in [3.05, 3.63) is 33.2 Å². The van der Waals surface area contributed by atoms with Crippen LogP contribution in [0, 0.1) is 13.8 Å². The predicted octanol–water partition coefficient (Wildman–Crippen LogP) is 1.02. The van der Waals surface area contributed by atoms with Gasteiger partial charge in [-0.25, -0.2) is 0 Å². The van der Waals surface area contributed by atoms with Crippen LogP contribution >= 0.6 is 0 Å². The summed E-state index contributed by atoms with van der Waals surface area (Å²) in [4.78, 5) is 20.0. The van der Waals surface area contributed by atoms with Gasteiger partial charge in [-0.3, -0.25) is 14.6 Å². The molecular formula is C17H27N3O2. The summed E-state index contributed by atoms with van der Waals surface area (Å²) in [7, 11) is 0. The van der Waals surface area contributed by atoms with E-state index in [0.717, 1.165) is 36.5 Å². The Morgan fingerprint density at radius 2 is 1.95 bits per heavy atom. The second kappa shape index (κ2) is 6.52. The fourth-order valence-corrected chi connectivity index (χ4v) is 3.77. The van der Waals surface area contributed by atoms with Gasteiger partial charge in [0.15, 0.2) is 5.43 Å².